The number of nitrogen functional groups attached to an aromatic ring is 1. The maximum atomic E-state index is 5.78. The Bertz CT molecular complexity index is 286. The quantitative estimate of drug-likeness (QED) is 0.750. The van der Waals surface area contributed by atoms with Crippen molar-refractivity contribution in [2.75, 3.05) is 12.3 Å². The van der Waals surface area contributed by atoms with Gasteiger partial charge in [0.1, 0.15) is 5.82 Å². The Balaban J connectivity index is 2.33. The molecule has 0 aromatic carbocycles. The van der Waals surface area contributed by atoms with Crippen LogP contribution in [0.5, 0.6) is 0 Å². The molecule has 0 amide bonds. The molecule has 0 saturated heterocycles. The van der Waals surface area contributed by atoms with Crippen LogP contribution < -0.4 is 11.1 Å². The maximum Gasteiger partial charge on any atom is 0.126 e. The number of nitrogens with two attached hydrogens (primary N) is 1. The van der Waals surface area contributed by atoms with Crippen LogP contribution in [0.1, 0.15) is 32.3 Å². The summed E-state index contributed by atoms with van der Waals surface area (Å²) in [5.41, 5.74) is 6.93. The summed E-state index contributed by atoms with van der Waals surface area (Å²) in [5.74, 6) is 0.667. The number of hydrogen-bond donors (Lipinski definition) is 2. The molecule has 1 aromatic rings. The zero-order valence-electron chi connectivity index (χ0n) is 9.66. The SMILES string of the molecule is CCCNC(C)CCc1cccnc1N. The van der Waals surface area contributed by atoms with E-state index in [2.05, 4.69) is 30.2 Å². The molecule has 3 N–H and O–H groups in total. The first kappa shape index (κ1) is 12.0. The molecule has 0 bridgehead atoms. The van der Waals surface area contributed by atoms with E-state index in [1.165, 1.54) is 6.42 Å². The lowest BCUT2D eigenvalue weighted by molar-refractivity contribution is 0.514. The molecule has 1 unspecified atom stereocenters. The molecule has 0 radical (unpaired) electrons. The van der Waals surface area contributed by atoms with E-state index in [1.807, 2.05) is 6.07 Å². The first-order chi connectivity index (χ1) is 7.24. The van der Waals surface area contributed by atoms with Crippen molar-refractivity contribution >= 4 is 5.82 Å². The molecular formula is C12H21N3. The Morgan fingerprint density at radius 2 is 2.33 bits per heavy atom. The van der Waals surface area contributed by atoms with E-state index in [-0.39, 0.29) is 0 Å². The Hall–Kier alpha value is -1.09. The molecule has 0 saturated carbocycles. The molecule has 0 fully saturated rings. The molecular weight excluding hydrogens is 186 g/mol. The van der Waals surface area contributed by atoms with Crippen LogP contribution in [0.15, 0.2) is 18.3 Å². The lowest BCUT2D eigenvalue weighted by Gasteiger charge is -2.13. The van der Waals surface area contributed by atoms with Crippen molar-refractivity contribution in [1.82, 2.24) is 10.3 Å². The molecule has 1 aromatic heterocycles. The standard InChI is InChI=1S/C12H21N3/c1-3-8-14-10(2)6-7-11-5-4-9-15-12(11)13/h4-5,9-10,14H,3,6-8H2,1-2H3,(H2,13,15). The van der Waals surface area contributed by atoms with Crippen LogP contribution in [-0.4, -0.2) is 17.6 Å². The third-order valence-corrected chi connectivity index (χ3v) is 2.52. The van der Waals surface area contributed by atoms with E-state index in [0.29, 0.717) is 11.9 Å². The number of aromatic nitrogens is 1. The molecule has 1 heterocycles. The van der Waals surface area contributed by atoms with Crippen molar-refractivity contribution in [3.05, 3.63) is 23.9 Å². The lowest BCUT2D eigenvalue weighted by atomic mass is 10.1. The molecule has 3 heteroatoms. The van der Waals surface area contributed by atoms with Gasteiger partial charge in [-0.05, 0) is 44.4 Å². The molecule has 3 nitrogen and oxygen atoms in total. The Morgan fingerprint density at radius 1 is 1.53 bits per heavy atom. The smallest absolute Gasteiger partial charge is 0.126 e. The molecule has 1 atom stereocenters. The van der Waals surface area contributed by atoms with E-state index in [0.717, 1.165) is 24.9 Å². The zero-order chi connectivity index (χ0) is 11.1. The van der Waals surface area contributed by atoms with Gasteiger partial charge in [-0.1, -0.05) is 13.0 Å². The van der Waals surface area contributed by atoms with E-state index in [4.69, 9.17) is 5.73 Å². The van der Waals surface area contributed by atoms with Gasteiger partial charge >= 0.3 is 0 Å². The Labute approximate surface area is 92.1 Å². The van der Waals surface area contributed by atoms with Crippen LogP contribution in [0.25, 0.3) is 0 Å². The highest BCUT2D eigenvalue weighted by atomic mass is 14.9. The normalized spacial score (nSPS) is 12.7. The van der Waals surface area contributed by atoms with Gasteiger partial charge in [0.15, 0.2) is 0 Å². The second-order valence-electron chi connectivity index (χ2n) is 3.94. The first-order valence-electron chi connectivity index (χ1n) is 5.66. The fourth-order valence-electron chi connectivity index (χ4n) is 1.53. The van der Waals surface area contributed by atoms with Gasteiger partial charge < -0.3 is 11.1 Å². The van der Waals surface area contributed by atoms with E-state index < -0.39 is 0 Å². The van der Waals surface area contributed by atoms with Crippen molar-refractivity contribution in [1.29, 1.82) is 0 Å². The van der Waals surface area contributed by atoms with Gasteiger partial charge in [-0.25, -0.2) is 4.98 Å². The third-order valence-electron chi connectivity index (χ3n) is 2.52. The highest BCUT2D eigenvalue weighted by molar-refractivity contribution is 5.38. The molecule has 0 aliphatic heterocycles. The number of hydrogen-bond acceptors (Lipinski definition) is 3. The summed E-state index contributed by atoms with van der Waals surface area (Å²) >= 11 is 0. The largest absolute Gasteiger partial charge is 0.383 e. The van der Waals surface area contributed by atoms with Crippen molar-refractivity contribution < 1.29 is 0 Å². The minimum Gasteiger partial charge on any atom is -0.383 e. The minimum atomic E-state index is 0.546. The summed E-state index contributed by atoms with van der Waals surface area (Å²) in [4.78, 5) is 4.08. The predicted molar refractivity (Wildman–Crippen MR) is 64.7 cm³/mol. The molecule has 1 rings (SSSR count). The number of aryl methyl sites for hydroxylation is 1. The summed E-state index contributed by atoms with van der Waals surface area (Å²) in [6.45, 7) is 5.48. The predicted octanol–water partition coefficient (Wildman–Crippen LogP) is 1.98. The molecule has 0 aliphatic rings. The van der Waals surface area contributed by atoms with Gasteiger partial charge in [0.2, 0.25) is 0 Å². The number of anilines is 1. The molecule has 0 aliphatic carbocycles. The van der Waals surface area contributed by atoms with Gasteiger partial charge in [-0.3, -0.25) is 0 Å². The van der Waals surface area contributed by atoms with Gasteiger partial charge in [0.25, 0.3) is 0 Å². The summed E-state index contributed by atoms with van der Waals surface area (Å²) in [6.07, 6.45) is 5.02. The van der Waals surface area contributed by atoms with Gasteiger partial charge in [0, 0.05) is 12.2 Å². The number of pyridine rings is 1. The fraction of sp³-hybridized carbons (Fsp3) is 0.583. The van der Waals surface area contributed by atoms with Crippen LogP contribution >= 0.6 is 0 Å². The summed E-state index contributed by atoms with van der Waals surface area (Å²) in [6, 6.07) is 4.54. The topological polar surface area (TPSA) is 50.9 Å². The van der Waals surface area contributed by atoms with Crippen LogP contribution in [0.2, 0.25) is 0 Å². The number of rotatable bonds is 6. The second-order valence-corrected chi connectivity index (χ2v) is 3.94. The van der Waals surface area contributed by atoms with Gasteiger partial charge in [-0.15, -0.1) is 0 Å². The highest BCUT2D eigenvalue weighted by Gasteiger charge is 2.03. The van der Waals surface area contributed by atoms with Crippen LogP contribution in [0, 0.1) is 0 Å². The van der Waals surface area contributed by atoms with Crippen LogP contribution in [0.3, 0.4) is 0 Å². The van der Waals surface area contributed by atoms with Crippen molar-refractivity contribution in [3.8, 4) is 0 Å². The van der Waals surface area contributed by atoms with Gasteiger partial charge in [-0.2, -0.15) is 0 Å². The summed E-state index contributed by atoms with van der Waals surface area (Å²) in [7, 11) is 0. The Morgan fingerprint density at radius 3 is 3.00 bits per heavy atom. The van der Waals surface area contributed by atoms with Crippen molar-refractivity contribution in [2.45, 2.75) is 39.2 Å². The second kappa shape index (κ2) is 6.40. The van der Waals surface area contributed by atoms with E-state index in [9.17, 15) is 0 Å². The number of nitrogens with one attached hydrogen (secondary N) is 1. The van der Waals surface area contributed by atoms with E-state index in [1.54, 1.807) is 6.20 Å². The first-order valence-corrected chi connectivity index (χ1v) is 5.66. The molecule has 15 heavy (non-hydrogen) atoms. The minimum absolute atomic E-state index is 0.546. The molecule has 84 valence electrons. The monoisotopic (exact) mass is 207 g/mol. The van der Waals surface area contributed by atoms with Crippen molar-refractivity contribution in [3.63, 3.8) is 0 Å². The fourth-order valence-corrected chi connectivity index (χ4v) is 1.53. The summed E-state index contributed by atoms with van der Waals surface area (Å²) in [5, 5.41) is 3.46. The summed E-state index contributed by atoms with van der Waals surface area (Å²) < 4.78 is 0. The average Bonchev–Trinajstić information content (AvgIpc) is 2.25. The van der Waals surface area contributed by atoms with Crippen LogP contribution in [0.4, 0.5) is 5.82 Å². The van der Waals surface area contributed by atoms with Gasteiger partial charge in [0.05, 0.1) is 0 Å². The maximum absolute atomic E-state index is 5.78. The zero-order valence-corrected chi connectivity index (χ0v) is 9.66. The van der Waals surface area contributed by atoms with E-state index >= 15 is 0 Å². The third kappa shape index (κ3) is 4.30. The molecule has 0 spiro atoms. The lowest BCUT2D eigenvalue weighted by Crippen LogP contribution is -2.27. The van der Waals surface area contributed by atoms with Crippen LogP contribution in [-0.2, 0) is 6.42 Å². The van der Waals surface area contributed by atoms with Crippen molar-refractivity contribution in [2.24, 2.45) is 0 Å². The number of nitrogens with zero attached hydrogens (tertiary/aromatic N) is 1. The Kier molecular flexibility index (Phi) is 5.12. The average molecular weight is 207 g/mol. The highest BCUT2D eigenvalue weighted by Crippen LogP contribution is 2.10.